The van der Waals surface area contributed by atoms with E-state index in [0.717, 1.165) is 8.95 Å². The second-order valence-corrected chi connectivity index (χ2v) is 6.63. The highest BCUT2D eigenvalue weighted by molar-refractivity contribution is 14.1. The van der Waals surface area contributed by atoms with Crippen LogP contribution in [0.25, 0.3) is 0 Å². The molecule has 0 bridgehead atoms. The maximum Gasteiger partial charge on any atom is 0.256 e. The number of hydrogen-bond acceptors (Lipinski definition) is 1. The number of amides is 1. The van der Waals surface area contributed by atoms with Gasteiger partial charge in [0.05, 0.1) is 11.3 Å². The summed E-state index contributed by atoms with van der Waals surface area (Å²) in [4.78, 5) is 12.1. The van der Waals surface area contributed by atoms with E-state index in [2.05, 4.69) is 37.2 Å². The van der Waals surface area contributed by atoms with Crippen LogP contribution in [0.3, 0.4) is 0 Å². The van der Waals surface area contributed by atoms with E-state index in [4.69, 9.17) is 0 Å². The van der Waals surface area contributed by atoms with E-state index >= 15 is 0 Å². The predicted octanol–water partition coefficient (Wildman–Crippen LogP) is 5.21. The fraction of sp³-hybridized carbons (Fsp3) is 0. The predicted molar refractivity (Wildman–Crippen MR) is 88.9 cm³/mol. The normalized spacial score (nSPS) is 10.3. The second-order valence-electron chi connectivity index (χ2n) is 3.70. The van der Waals surface area contributed by atoms with Crippen LogP contribution in [0.4, 0.5) is 10.1 Å². The first-order valence-corrected chi connectivity index (χ1v) is 7.85. The van der Waals surface area contributed by atoms with Crippen LogP contribution in [0.2, 0.25) is 0 Å². The van der Waals surface area contributed by atoms with Gasteiger partial charge in [-0.25, -0.2) is 4.39 Å². The highest BCUT2D eigenvalue weighted by Gasteiger charge is 2.12. The Morgan fingerprint density at radius 3 is 2.53 bits per heavy atom. The summed E-state index contributed by atoms with van der Waals surface area (Å²) in [6.45, 7) is 0. The molecule has 0 aliphatic carbocycles. The van der Waals surface area contributed by atoms with Gasteiger partial charge in [-0.2, -0.15) is 0 Å². The second kappa shape index (κ2) is 6.32. The molecule has 0 aliphatic rings. The van der Waals surface area contributed by atoms with Gasteiger partial charge >= 0.3 is 0 Å². The molecule has 2 aromatic rings. The van der Waals surface area contributed by atoms with Crippen LogP contribution in [0.1, 0.15) is 10.4 Å². The molecular weight excluding hydrogens is 492 g/mol. The number of anilines is 1. The molecule has 0 spiro atoms. The van der Waals surface area contributed by atoms with Crippen LogP contribution in [0.5, 0.6) is 0 Å². The minimum atomic E-state index is -0.356. The van der Waals surface area contributed by atoms with E-state index in [1.165, 1.54) is 18.2 Å². The number of benzene rings is 2. The van der Waals surface area contributed by atoms with E-state index in [1.807, 2.05) is 34.7 Å². The molecule has 0 aromatic heterocycles. The van der Waals surface area contributed by atoms with E-state index in [-0.39, 0.29) is 11.7 Å². The van der Waals surface area contributed by atoms with E-state index < -0.39 is 0 Å². The molecule has 0 aliphatic heterocycles. The first-order valence-electron chi connectivity index (χ1n) is 5.19. The monoisotopic (exact) mass is 497 g/mol. The van der Waals surface area contributed by atoms with Gasteiger partial charge in [-0.15, -0.1) is 0 Å². The van der Waals surface area contributed by atoms with Gasteiger partial charge in [0.2, 0.25) is 0 Å². The molecule has 0 atom stereocenters. The number of rotatable bonds is 2. The molecule has 0 unspecified atom stereocenters. The number of halogens is 4. The lowest BCUT2D eigenvalue weighted by atomic mass is 10.2. The van der Waals surface area contributed by atoms with Gasteiger partial charge in [0.15, 0.2) is 0 Å². The summed E-state index contributed by atoms with van der Waals surface area (Å²) < 4.78 is 15.3. The molecule has 19 heavy (non-hydrogen) atoms. The van der Waals surface area contributed by atoms with Crippen molar-refractivity contribution in [2.75, 3.05) is 5.32 Å². The number of carbonyl (C=O) groups is 1. The third kappa shape index (κ3) is 3.76. The van der Waals surface area contributed by atoms with Crippen molar-refractivity contribution in [1.29, 1.82) is 0 Å². The standard InChI is InChI=1S/C13H7Br2FINO/c14-7-1-4-12(10(15)5-7)18-13(19)9-3-2-8(16)6-11(9)17/h1-6H,(H,18,19). The summed E-state index contributed by atoms with van der Waals surface area (Å²) in [5.74, 6) is -0.627. The molecule has 98 valence electrons. The maximum atomic E-state index is 13.0. The van der Waals surface area contributed by atoms with Crippen molar-refractivity contribution >= 4 is 66.0 Å². The smallest absolute Gasteiger partial charge is 0.256 e. The molecule has 6 heteroatoms. The Balaban J connectivity index is 2.25. The first kappa shape index (κ1) is 14.9. The van der Waals surface area contributed by atoms with Gasteiger partial charge in [-0.1, -0.05) is 15.9 Å². The first-order chi connectivity index (χ1) is 8.97. The fourth-order valence-corrected chi connectivity index (χ4v) is 3.32. The van der Waals surface area contributed by atoms with E-state index in [1.54, 1.807) is 6.07 Å². The van der Waals surface area contributed by atoms with Crippen molar-refractivity contribution in [2.24, 2.45) is 0 Å². The maximum absolute atomic E-state index is 13.0. The molecule has 1 N–H and O–H groups in total. The number of nitrogens with one attached hydrogen (secondary N) is 1. The summed E-state index contributed by atoms with van der Waals surface area (Å²) >= 11 is 8.65. The molecule has 2 nitrogen and oxygen atoms in total. The summed E-state index contributed by atoms with van der Waals surface area (Å²) in [5, 5.41) is 2.78. The van der Waals surface area contributed by atoms with Crippen molar-refractivity contribution in [3.05, 3.63) is 60.3 Å². The van der Waals surface area contributed by atoms with Crippen LogP contribution in [0, 0.1) is 9.39 Å². The average Bonchev–Trinajstić information content (AvgIpc) is 2.32. The summed E-state index contributed by atoms with van der Waals surface area (Å²) in [6, 6.07) is 9.52. The van der Waals surface area contributed by atoms with Gasteiger partial charge in [-0.3, -0.25) is 4.79 Å². The Bertz CT molecular complexity index is 649. The van der Waals surface area contributed by atoms with Crippen molar-refractivity contribution in [2.45, 2.75) is 0 Å². The zero-order chi connectivity index (χ0) is 14.0. The van der Waals surface area contributed by atoms with Gasteiger partial charge in [0, 0.05) is 12.5 Å². The summed E-state index contributed by atoms with van der Waals surface area (Å²) in [7, 11) is 0. The van der Waals surface area contributed by atoms with Crippen molar-refractivity contribution in [3.8, 4) is 0 Å². The molecule has 0 saturated heterocycles. The SMILES string of the molecule is O=C(Nc1ccc(Br)cc1Br)c1ccc(F)cc1I. The Kier molecular flexibility index (Phi) is 4.97. The highest BCUT2D eigenvalue weighted by atomic mass is 127. The van der Waals surface area contributed by atoms with Crippen LogP contribution in [-0.4, -0.2) is 5.91 Å². The van der Waals surface area contributed by atoms with Crippen LogP contribution >= 0.6 is 54.5 Å². The van der Waals surface area contributed by atoms with Crippen molar-refractivity contribution in [3.63, 3.8) is 0 Å². The highest BCUT2D eigenvalue weighted by Crippen LogP contribution is 2.27. The third-order valence-electron chi connectivity index (χ3n) is 2.36. The van der Waals surface area contributed by atoms with E-state index in [9.17, 15) is 9.18 Å². The van der Waals surface area contributed by atoms with Gasteiger partial charge in [-0.05, 0) is 74.9 Å². The average molecular weight is 499 g/mol. The minimum absolute atomic E-state index is 0.271. The Labute approximate surface area is 140 Å². The molecule has 0 saturated carbocycles. The zero-order valence-corrected chi connectivity index (χ0v) is 14.7. The topological polar surface area (TPSA) is 29.1 Å². The van der Waals surface area contributed by atoms with Crippen LogP contribution in [-0.2, 0) is 0 Å². The largest absolute Gasteiger partial charge is 0.321 e. The fourth-order valence-electron chi connectivity index (χ4n) is 1.45. The molecular formula is C13H7Br2FINO. The van der Waals surface area contributed by atoms with Gasteiger partial charge in [0.1, 0.15) is 5.82 Å². The van der Waals surface area contributed by atoms with Crippen molar-refractivity contribution in [1.82, 2.24) is 0 Å². The molecule has 0 fully saturated rings. The number of carbonyl (C=O) groups excluding carboxylic acids is 1. The van der Waals surface area contributed by atoms with E-state index in [0.29, 0.717) is 14.8 Å². The van der Waals surface area contributed by atoms with Crippen LogP contribution in [0.15, 0.2) is 45.3 Å². The minimum Gasteiger partial charge on any atom is -0.321 e. The lowest BCUT2D eigenvalue weighted by molar-refractivity contribution is 0.102. The van der Waals surface area contributed by atoms with Gasteiger partial charge in [0.25, 0.3) is 5.91 Å². The molecule has 0 radical (unpaired) electrons. The molecule has 2 aromatic carbocycles. The van der Waals surface area contributed by atoms with Crippen LogP contribution < -0.4 is 5.32 Å². The lowest BCUT2D eigenvalue weighted by Gasteiger charge is -2.09. The van der Waals surface area contributed by atoms with Gasteiger partial charge < -0.3 is 5.32 Å². The Morgan fingerprint density at radius 2 is 1.89 bits per heavy atom. The van der Waals surface area contributed by atoms with Crippen molar-refractivity contribution < 1.29 is 9.18 Å². The lowest BCUT2D eigenvalue weighted by Crippen LogP contribution is -2.13. The molecule has 1 amide bonds. The summed E-state index contributed by atoms with van der Waals surface area (Å²) in [6.07, 6.45) is 0. The molecule has 0 heterocycles. The zero-order valence-electron chi connectivity index (χ0n) is 9.38. The Morgan fingerprint density at radius 1 is 1.16 bits per heavy atom. The quantitative estimate of drug-likeness (QED) is 0.566. The molecule has 2 rings (SSSR count). The Hall–Kier alpha value is -0.470. The number of hydrogen-bond donors (Lipinski definition) is 1. The summed E-state index contributed by atoms with van der Waals surface area (Å²) in [5.41, 5.74) is 1.10. The third-order valence-corrected chi connectivity index (χ3v) is 4.40.